The highest BCUT2D eigenvalue weighted by atomic mass is 32.2. The van der Waals surface area contributed by atoms with Crippen molar-refractivity contribution >= 4 is 10.0 Å². The fourth-order valence-electron chi connectivity index (χ4n) is 1.88. The lowest BCUT2D eigenvalue weighted by Crippen LogP contribution is -2.42. The Morgan fingerprint density at radius 1 is 1.38 bits per heavy atom. The van der Waals surface area contributed by atoms with Gasteiger partial charge in [0, 0.05) is 12.6 Å². The molecule has 1 fully saturated rings. The van der Waals surface area contributed by atoms with E-state index in [1.165, 1.54) is 0 Å². The average Bonchev–Trinajstić information content (AvgIpc) is 2.26. The fraction of sp³-hybridized carbons (Fsp3) is 1.00. The average molecular weight is 248 g/mol. The van der Waals surface area contributed by atoms with Crippen molar-refractivity contribution in [3.05, 3.63) is 0 Å². The van der Waals surface area contributed by atoms with Crippen LogP contribution in [0.3, 0.4) is 0 Å². The van der Waals surface area contributed by atoms with Gasteiger partial charge in [-0.05, 0) is 38.6 Å². The van der Waals surface area contributed by atoms with Gasteiger partial charge in [-0.3, -0.25) is 0 Å². The fourth-order valence-corrected chi connectivity index (χ4v) is 3.19. The smallest absolute Gasteiger partial charge is 0.211 e. The predicted octanol–water partition coefficient (Wildman–Crippen LogP) is 1.09. The molecule has 0 amide bonds. The highest BCUT2D eigenvalue weighted by molar-refractivity contribution is 7.89. The summed E-state index contributed by atoms with van der Waals surface area (Å²) in [6.45, 7) is 5.69. The minimum atomic E-state index is -3.03. The summed E-state index contributed by atoms with van der Waals surface area (Å²) in [6, 6.07) is 0.577. The van der Waals surface area contributed by atoms with Gasteiger partial charge in [-0.15, -0.1) is 0 Å². The van der Waals surface area contributed by atoms with E-state index >= 15 is 0 Å². The molecule has 0 spiro atoms. The van der Waals surface area contributed by atoms with Gasteiger partial charge in [0.1, 0.15) is 0 Å². The third-order valence-corrected chi connectivity index (χ3v) is 4.55. The summed E-state index contributed by atoms with van der Waals surface area (Å²) in [5, 5.41) is 3.38. The van der Waals surface area contributed by atoms with E-state index < -0.39 is 10.0 Å². The molecule has 1 heterocycles. The van der Waals surface area contributed by atoms with Crippen molar-refractivity contribution in [2.75, 3.05) is 18.8 Å². The van der Waals surface area contributed by atoms with Gasteiger partial charge in [0.2, 0.25) is 10.0 Å². The van der Waals surface area contributed by atoms with E-state index in [0.29, 0.717) is 18.5 Å². The second-order valence-corrected chi connectivity index (χ2v) is 6.70. The minimum Gasteiger partial charge on any atom is -0.314 e. The Morgan fingerprint density at radius 2 is 2.12 bits per heavy atom. The molecule has 96 valence electrons. The summed E-state index contributed by atoms with van der Waals surface area (Å²) < 4.78 is 25.8. The topological polar surface area (TPSA) is 58.2 Å². The van der Waals surface area contributed by atoms with E-state index in [0.717, 1.165) is 32.2 Å². The maximum absolute atomic E-state index is 11.6. The zero-order valence-corrected chi connectivity index (χ0v) is 11.1. The number of unbranched alkanes of at least 4 members (excludes halogenated alkanes) is 1. The Hall–Kier alpha value is -0.130. The molecule has 1 rings (SSSR count). The third kappa shape index (κ3) is 5.27. The molecule has 4 nitrogen and oxygen atoms in total. The minimum absolute atomic E-state index is 0.264. The summed E-state index contributed by atoms with van der Waals surface area (Å²) in [4.78, 5) is 0. The van der Waals surface area contributed by atoms with Gasteiger partial charge < -0.3 is 5.32 Å². The molecule has 0 aromatic rings. The van der Waals surface area contributed by atoms with Crippen LogP contribution in [-0.4, -0.2) is 33.3 Å². The van der Waals surface area contributed by atoms with E-state index in [9.17, 15) is 8.42 Å². The zero-order valence-electron chi connectivity index (χ0n) is 10.3. The maximum Gasteiger partial charge on any atom is 0.211 e. The highest BCUT2D eigenvalue weighted by Gasteiger charge is 2.19. The number of sulfonamides is 1. The predicted molar refractivity (Wildman–Crippen MR) is 66.9 cm³/mol. The van der Waals surface area contributed by atoms with Crippen LogP contribution < -0.4 is 10.0 Å². The van der Waals surface area contributed by atoms with Crippen LogP contribution in [0.5, 0.6) is 0 Å². The van der Waals surface area contributed by atoms with Crippen LogP contribution in [0.2, 0.25) is 0 Å². The van der Waals surface area contributed by atoms with Crippen LogP contribution in [0.4, 0.5) is 0 Å². The van der Waals surface area contributed by atoms with Gasteiger partial charge in [-0.2, -0.15) is 0 Å². The number of hydrogen-bond acceptors (Lipinski definition) is 3. The van der Waals surface area contributed by atoms with Gasteiger partial charge in [0.25, 0.3) is 0 Å². The molecule has 5 heteroatoms. The summed E-state index contributed by atoms with van der Waals surface area (Å²) in [5.74, 6) is 0.715. The lowest BCUT2D eigenvalue weighted by Gasteiger charge is -2.27. The van der Waals surface area contributed by atoms with Crippen molar-refractivity contribution in [1.29, 1.82) is 0 Å². The number of piperidine rings is 1. The van der Waals surface area contributed by atoms with Gasteiger partial charge >= 0.3 is 0 Å². The van der Waals surface area contributed by atoms with E-state index in [1.807, 2.05) is 6.92 Å². The van der Waals surface area contributed by atoms with Crippen molar-refractivity contribution in [3.8, 4) is 0 Å². The second-order valence-electron chi connectivity index (χ2n) is 4.77. The number of nitrogens with one attached hydrogen (secondary N) is 2. The van der Waals surface area contributed by atoms with Gasteiger partial charge in [0.05, 0.1) is 5.75 Å². The molecule has 2 N–H and O–H groups in total. The highest BCUT2D eigenvalue weighted by Crippen LogP contribution is 2.13. The lowest BCUT2D eigenvalue weighted by atomic mass is 9.96. The Kier molecular flexibility index (Phi) is 5.72. The monoisotopic (exact) mass is 248 g/mol. The summed E-state index contributed by atoms with van der Waals surface area (Å²) in [6.07, 6.45) is 3.92. The first-order valence-electron chi connectivity index (χ1n) is 6.24. The van der Waals surface area contributed by atoms with E-state index in [2.05, 4.69) is 17.0 Å². The van der Waals surface area contributed by atoms with Gasteiger partial charge in [-0.25, -0.2) is 13.1 Å². The first-order chi connectivity index (χ1) is 7.53. The Balaban J connectivity index is 2.23. The SMILES string of the molecule is CCCCS(=O)(=O)NCC1CCC(C)NC1. The quantitative estimate of drug-likeness (QED) is 0.740. The Morgan fingerprint density at radius 3 is 2.69 bits per heavy atom. The first-order valence-corrected chi connectivity index (χ1v) is 7.89. The molecule has 0 saturated carbocycles. The van der Waals surface area contributed by atoms with Crippen LogP contribution in [-0.2, 0) is 10.0 Å². The van der Waals surface area contributed by atoms with Crippen LogP contribution in [0, 0.1) is 5.92 Å². The second kappa shape index (κ2) is 6.57. The van der Waals surface area contributed by atoms with Crippen molar-refractivity contribution in [2.24, 2.45) is 5.92 Å². The van der Waals surface area contributed by atoms with Gasteiger partial charge in [0.15, 0.2) is 0 Å². The molecule has 0 aliphatic carbocycles. The maximum atomic E-state index is 11.6. The summed E-state index contributed by atoms with van der Waals surface area (Å²) in [5.41, 5.74) is 0. The molecular formula is C11H24N2O2S. The number of hydrogen-bond donors (Lipinski definition) is 2. The van der Waals surface area contributed by atoms with Crippen LogP contribution >= 0.6 is 0 Å². The van der Waals surface area contributed by atoms with Gasteiger partial charge in [-0.1, -0.05) is 13.3 Å². The molecule has 2 unspecified atom stereocenters. The molecule has 2 atom stereocenters. The van der Waals surface area contributed by atoms with Crippen LogP contribution in [0.25, 0.3) is 0 Å². The molecule has 16 heavy (non-hydrogen) atoms. The van der Waals surface area contributed by atoms with E-state index in [-0.39, 0.29) is 5.75 Å². The van der Waals surface area contributed by atoms with Crippen molar-refractivity contribution in [2.45, 2.75) is 45.6 Å². The standard InChI is InChI=1S/C11H24N2O2S/c1-3-4-7-16(14,15)13-9-11-6-5-10(2)12-8-11/h10-13H,3-9H2,1-2H3. The van der Waals surface area contributed by atoms with Crippen molar-refractivity contribution in [1.82, 2.24) is 10.0 Å². The van der Waals surface area contributed by atoms with E-state index in [1.54, 1.807) is 0 Å². The zero-order chi connectivity index (χ0) is 12.0. The number of rotatable bonds is 6. The Labute approximate surface area is 99.2 Å². The third-order valence-electron chi connectivity index (χ3n) is 3.12. The summed E-state index contributed by atoms with van der Waals surface area (Å²) >= 11 is 0. The molecule has 1 saturated heterocycles. The molecule has 0 bridgehead atoms. The molecule has 1 aliphatic heterocycles. The molecule has 1 aliphatic rings. The van der Waals surface area contributed by atoms with Crippen LogP contribution in [0.1, 0.15) is 39.5 Å². The van der Waals surface area contributed by atoms with Crippen molar-refractivity contribution < 1.29 is 8.42 Å². The normalized spacial score (nSPS) is 26.9. The summed E-state index contributed by atoms with van der Waals surface area (Å²) in [7, 11) is -3.03. The largest absolute Gasteiger partial charge is 0.314 e. The first kappa shape index (κ1) is 13.9. The molecule has 0 aromatic heterocycles. The van der Waals surface area contributed by atoms with Crippen molar-refractivity contribution in [3.63, 3.8) is 0 Å². The molecule has 0 radical (unpaired) electrons. The van der Waals surface area contributed by atoms with E-state index in [4.69, 9.17) is 0 Å². The molecular weight excluding hydrogens is 224 g/mol. The van der Waals surface area contributed by atoms with Crippen LogP contribution in [0.15, 0.2) is 0 Å². The lowest BCUT2D eigenvalue weighted by molar-refractivity contribution is 0.323. The molecule has 0 aromatic carbocycles. The Bertz CT molecular complexity index is 282.